The van der Waals surface area contributed by atoms with Gasteiger partial charge in [0, 0.05) is 43.1 Å². The van der Waals surface area contributed by atoms with Crippen molar-refractivity contribution in [1.82, 2.24) is 14.8 Å². The first-order chi connectivity index (χ1) is 10.6. The highest BCUT2D eigenvalue weighted by Crippen LogP contribution is 2.19. The molecule has 0 atom stereocenters. The predicted octanol–water partition coefficient (Wildman–Crippen LogP) is 2.78. The van der Waals surface area contributed by atoms with Gasteiger partial charge in [0.15, 0.2) is 0 Å². The molecule has 0 unspecified atom stereocenters. The van der Waals surface area contributed by atoms with Crippen molar-refractivity contribution >= 4 is 16.8 Å². The Morgan fingerprint density at radius 3 is 2.55 bits per heavy atom. The minimum atomic E-state index is 0.0432. The Balaban J connectivity index is 1.68. The first-order valence-electron chi connectivity index (χ1n) is 8.15. The van der Waals surface area contributed by atoms with E-state index in [1.807, 2.05) is 41.9 Å². The smallest absolute Gasteiger partial charge is 0.268 e. The topological polar surface area (TPSA) is 37.3 Å². The molecule has 2 heterocycles. The number of amides is 1. The van der Waals surface area contributed by atoms with E-state index in [0.717, 1.165) is 42.5 Å². The number of benzene rings is 1. The lowest BCUT2D eigenvalue weighted by molar-refractivity contribution is 0.0893. The quantitative estimate of drug-likeness (QED) is 0.946. The number of nitrogens with one attached hydrogen (secondary N) is 1. The van der Waals surface area contributed by atoms with Gasteiger partial charge in [-0.25, -0.2) is 0 Å². The van der Waals surface area contributed by atoms with Crippen molar-refractivity contribution in [2.75, 3.05) is 13.1 Å². The molecule has 118 valence electrons. The fraction of sp³-hybridized carbons (Fsp3) is 0.500. The van der Waals surface area contributed by atoms with Gasteiger partial charge >= 0.3 is 0 Å². The van der Waals surface area contributed by atoms with Crippen molar-refractivity contribution in [2.45, 2.75) is 38.8 Å². The molecule has 4 nitrogen and oxygen atoms in total. The van der Waals surface area contributed by atoms with Crippen LogP contribution >= 0.6 is 0 Å². The zero-order valence-electron chi connectivity index (χ0n) is 13.7. The van der Waals surface area contributed by atoms with Gasteiger partial charge in [-0.05, 0) is 38.8 Å². The largest absolute Gasteiger partial charge is 0.348 e. The molecule has 3 rings (SSSR count). The molecule has 0 aliphatic carbocycles. The molecular formula is C18H25N3O. The molecule has 1 aliphatic heterocycles. The van der Waals surface area contributed by atoms with Crippen molar-refractivity contribution in [2.24, 2.45) is 7.05 Å². The Hall–Kier alpha value is -1.81. The van der Waals surface area contributed by atoms with Crippen LogP contribution in [-0.2, 0) is 7.05 Å². The van der Waals surface area contributed by atoms with Crippen LogP contribution in [0, 0.1) is 0 Å². The summed E-state index contributed by atoms with van der Waals surface area (Å²) in [6.45, 7) is 6.60. The fourth-order valence-corrected chi connectivity index (χ4v) is 3.33. The molecule has 1 aromatic carbocycles. The van der Waals surface area contributed by atoms with E-state index in [2.05, 4.69) is 24.1 Å². The summed E-state index contributed by atoms with van der Waals surface area (Å²) in [5, 5.41) is 4.33. The predicted molar refractivity (Wildman–Crippen MR) is 90.1 cm³/mol. The molecule has 0 saturated carbocycles. The minimum Gasteiger partial charge on any atom is -0.348 e. The first-order valence-corrected chi connectivity index (χ1v) is 8.15. The molecule has 1 saturated heterocycles. The average molecular weight is 299 g/mol. The normalized spacial score (nSPS) is 17.3. The van der Waals surface area contributed by atoms with Gasteiger partial charge in [-0.1, -0.05) is 18.2 Å². The van der Waals surface area contributed by atoms with Gasteiger partial charge in [0.2, 0.25) is 0 Å². The van der Waals surface area contributed by atoms with Crippen molar-refractivity contribution in [3.05, 3.63) is 36.0 Å². The van der Waals surface area contributed by atoms with Gasteiger partial charge in [0.25, 0.3) is 5.91 Å². The molecule has 2 aromatic rings. The van der Waals surface area contributed by atoms with Crippen LogP contribution in [0.15, 0.2) is 30.3 Å². The van der Waals surface area contributed by atoms with E-state index in [1.54, 1.807) is 0 Å². The summed E-state index contributed by atoms with van der Waals surface area (Å²) < 4.78 is 1.98. The number of carbonyl (C=O) groups excluding carboxylic acids is 1. The zero-order valence-corrected chi connectivity index (χ0v) is 13.7. The standard InChI is InChI=1S/C18H25N3O/c1-13(2)21-10-8-15(9-11-21)19-18(22)17-12-14-6-4-5-7-16(14)20(17)3/h4-7,12-13,15H,8-11H2,1-3H3,(H,19,22). The van der Waals surface area contributed by atoms with Gasteiger partial charge in [-0.3, -0.25) is 4.79 Å². The monoisotopic (exact) mass is 299 g/mol. The molecule has 1 fully saturated rings. The Kier molecular flexibility index (Phi) is 4.21. The van der Waals surface area contributed by atoms with Crippen molar-refractivity contribution in [3.63, 3.8) is 0 Å². The lowest BCUT2D eigenvalue weighted by Crippen LogP contribution is -2.46. The Morgan fingerprint density at radius 1 is 1.23 bits per heavy atom. The number of rotatable bonds is 3. The minimum absolute atomic E-state index is 0.0432. The lowest BCUT2D eigenvalue weighted by atomic mass is 10.0. The number of hydrogen-bond acceptors (Lipinski definition) is 2. The van der Waals surface area contributed by atoms with Crippen LogP contribution in [0.4, 0.5) is 0 Å². The summed E-state index contributed by atoms with van der Waals surface area (Å²) in [5.41, 5.74) is 1.84. The first kappa shape index (κ1) is 15.1. The third-order valence-corrected chi connectivity index (χ3v) is 4.78. The number of aryl methyl sites for hydroxylation is 1. The second-order valence-electron chi connectivity index (χ2n) is 6.52. The van der Waals surface area contributed by atoms with E-state index in [1.165, 1.54) is 0 Å². The third kappa shape index (κ3) is 2.88. The summed E-state index contributed by atoms with van der Waals surface area (Å²) in [6, 6.07) is 11.0. The lowest BCUT2D eigenvalue weighted by Gasteiger charge is -2.34. The molecule has 1 N–H and O–H groups in total. The van der Waals surface area contributed by atoms with Gasteiger partial charge in [0.05, 0.1) is 0 Å². The van der Waals surface area contributed by atoms with Crippen LogP contribution in [0.3, 0.4) is 0 Å². The highest BCUT2D eigenvalue weighted by Gasteiger charge is 2.23. The maximum absolute atomic E-state index is 12.6. The molecule has 0 spiro atoms. The van der Waals surface area contributed by atoms with Crippen LogP contribution in [0.1, 0.15) is 37.2 Å². The van der Waals surface area contributed by atoms with Crippen molar-refractivity contribution < 1.29 is 4.79 Å². The number of fused-ring (bicyclic) bond motifs is 1. The third-order valence-electron chi connectivity index (χ3n) is 4.78. The summed E-state index contributed by atoms with van der Waals surface area (Å²) in [5.74, 6) is 0.0432. The summed E-state index contributed by atoms with van der Waals surface area (Å²) in [6.07, 6.45) is 2.07. The van der Waals surface area contributed by atoms with Gasteiger partial charge in [-0.15, -0.1) is 0 Å². The Labute approximate surface area is 132 Å². The Bertz CT molecular complexity index is 666. The van der Waals surface area contributed by atoms with Crippen LogP contribution < -0.4 is 5.32 Å². The molecule has 1 aromatic heterocycles. The second kappa shape index (κ2) is 6.13. The number of nitrogens with zero attached hydrogens (tertiary/aromatic N) is 2. The highest BCUT2D eigenvalue weighted by molar-refractivity contribution is 5.98. The van der Waals surface area contributed by atoms with Crippen LogP contribution in [0.2, 0.25) is 0 Å². The number of carbonyl (C=O) groups is 1. The van der Waals surface area contributed by atoms with E-state index >= 15 is 0 Å². The van der Waals surface area contributed by atoms with E-state index in [9.17, 15) is 4.79 Å². The van der Waals surface area contributed by atoms with Crippen LogP contribution in [-0.4, -0.2) is 40.5 Å². The number of para-hydroxylation sites is 1. The fourth-order valence-electron chi connectivity index (χ4n) is 3.33. The number of piperidine rings is 1. The van der Waals surface area contributed by atoms with Gasteiger partial charge in [0.1, 0.15) is 5.69 Å². The van der Waals surface area contributed by atoms with Crippen LogP contribution in [0.25, 0.3) is 10.9 Å². The highest BCUT2D eigenvalue weighted by atomic mass is 16.2. The summed E-state index contributed by atoms with van der Waals surface area (Å²) in [7, 11) is 1.96. The molecule has 0 bridgehead atoms. The SMILES string of the molecule is CC(C)N1CCC(NC(=O)c2cc3ccccc3n2C)CC1. The second-order valence-corrected chi connectivity index (χ2v) is 6.52. The van der Waals surface area contributed by atoms with Crippen LogP contribution in [0.5, 0.6) is 0 Å². The van der Waals surface area contributed by atoms with E-state index in [-0.39, 0.29) is 5.91 Å². The molecular weight excluding hydrogens is 274 g/mol. The molecule has 22 heavy (non-hydrogen) atoms. The summed E-state index contributed by atoms with van der Waals surface area (Å²) >= 11 is 0. The maximum Gasteiger partial charge on any atom is 0.268 e. The summed E-state index contributed by atoms with van der Waals surface area (Å²) in [4.78, 5) is 15.0. The van der Waals surface area contributed by atoms with Crippen molar-refractivity contribution in [1.29, 1.82) is 0 Å². The maximum atomic E-state index is 12.6. The zero-order chi connectivity index (χ0) is 15.7. The molecule has 0 radical (unpaired) electrons. The van der Waals surface area contributed by atoms with Gasteiger partial charge < -0.3 is 14.8 Å². The van der Waals surface area contributed by atoms with Crippen molar-refractivity contribution in [3.8, 4) is 0 Å². The van der Waals surface area contributed by atoms with E-state index in [4.69, 9.17) is 0 Å². The Morgan fingerprint density at radius 2 is 1.91 bits per heavy atom. The molecule has 1 amide bonds. The van der Waals surface area contributed by atoms with E-state index < -0.39 is 0 Å². The molecule has 4 heteroatoms. The van der Waals surface area contributed by atoms with Gasteiger partial charge in [-0.2, -0.15) is 0 Å². The number of likely N-dealkylation sites (tertiary alicyclic amines) is 1. The van der Waals surface area contributed by atoms with E-state index in [0.29, 0.717) is 12.1 Å². The number of aromatic nitrogens is 1. The number of hydrogen-bond donors (Lipinski definition) is 1. The molecule has 1 aliphatic rings. The average Bonchev–Trinajstić information content (AvgIpc) is 2.85.